The molecule has 0 radical (unpaired) electrons. The second kappa shape index (κ2) is 10.5. The van der Waals surface area contributed by atoms with Gasteiger partial charge in [-0.05, 0) is 55.8 Å². The molecule has 0 saturated heterocycles. The summed E-state index contributed by atoms with van der Waals surface area (Å²) in [4.78, 5) is 16.8. The largest absolute Gasteiger partial charge is 0.497 e. The molecule has 0 atom stereocenters. The van der Waals surface area contributed by atoms with Crippen molar-refractivity contribution in [2.24, 2.45) is 0 Å². The number of benzene rings is 2. The summed E-state index contributed by atoms with van der Waals surface area (Å²) < 4.78 is 21.9. The molecule has 8 nitrogen and oxygen atoms in total. The molecule has 0 spiro atoms. The van der Waals surface area contributed by atoms with Crippen LogP contribution in [0.25, 0.3) is 0 Å². The average Bonchev–Trinajstić information content (AvgIpc) is 3.19. The molecule has 0 unspecified atom stereocenters. The molecule has 0 saturated carbocycles. The fourth-order valence-electron chi connectivity index (χ4n) is 3.21. The van der Waals surface area contributed by atoms with Crippen LogP contribution in [0.1, 0.15) is 32.9 Å². The molecule has 1 amide bonds. The highest BCUT2D eigenvalue weighted by atomic mass is 16.5. The first-order valence-electron chi connectivity index (χ1n) is 10.7. The Morgan fingerprint density at radius 3 is 2.47 bits per heavy atom. The van der Waals surface area contributed by atoms with Crippen molar-refractivity contribution in [1.29, 1.82) is 0 Å². The van der Waals surface area contributed by atoms with Crippen molar-refractivity contribution in [3.63, 3.8) is 0 Å². The molecule has 0 aliphatic rings. The van der Waals surface area contributed by atoms with Gasteiger partial charge < -0.3 is 24.1 Å². The highest BCUT2D eigenvalue weighted by molar-refractivity contribution is 5.94. The number of hydrogen-bond donors (Lipinski definition) is 1. The van der Waals surface area contributed by atoms with Gasteiger partial charge in [0, 0.05) is 30.4 Å². The van der Waals surface area contributed by atoms with Gasteiger partial charge in [0.05, 0.1) is 18.4 Å². The summed E-state index contributed by atoms with van der Waals surface area (Å²) in [7, 11) is 1.60. The van der Waals surface area contributed by atoms with E-state index in [2.05, 4.69) is 15.5 Å². The number of aryl methyl sites for hydroxylation is 2. The molecule has 8 heteroatoms. The van der Waals surface area contributed by atoms with Crippen molar-refractivity contribution in [2.75, 3.05) is 7.11 Å². The van der Waals surface area contributed by atoms with E-state index in [4.69, 9.17) is 18.7 Å². The van der Waals surface area contributed by atoms with E-state index in [1.54, 1.807) is 49.7 Å². The van der Waals surface area contributed by atoms with Gasteiger partial charge in [0.15, 0.2) is 0 Å². The summed E-state index contributed by atoms with van der Waals surface area (Å²) >= 11 is 0. The molecule has 1 N–H and O–H groups in total. The number of carbonyl (C=O) groups is 1. The number of methoxy groups -OCH3 is 1. The van der Waals surface area contributed by atoms with Crippen LogP contribution in [0.2, 0.25) is 0 Å². The van der Waals surface area contributed by atoms with Crippen molar-refractivity contribution >= 4 is 5.91 Å². The van der Waals surface area contributed by atoms with Gasteiger partial charge in [0.1, 0.15) is 29.6 Å². The quantitative estimate of drug-likeness (QED) is 0.376. The average molecular weight is 460 g/mol. The van der Waals surface area contributed by atoms with Crippen LogP contribution >= 0.6 is 0 Å². The van der Waals surface area contributed by atoms with Gasteiger partial charge in [-0.3, -0.25) is 4.79 Å². The van der Waals surface area contributed by atoms with E-state index in [0.29, 0.717) is 41.8 Å². The lowest BCUT2D eigenvalue weighted by atomic mass is 10.2. The Bertz CT molecular complexity index is 1230. The highest BCUT2D eigenvalue weighted by Crippen LogP contribution is 2.24. The van der Waals surface area contributed by atoms with Gasteiger partial charge in [-0.1, -0.05) is 17.3 Å². The minimum atomic E-state index is -0.186. The highest BCUT2D eigenvalue weighted by Gasteiger charge is 2.10. The molecular weight excluding hydrogens is 434 g/mol. The van der Waals surface area contributed by atoms with Crippen LogP contribution in [0, 0.1) is 13.8 Å². The number of pyridine rings is 1. The molecule has 0 fully saturated rings. The Morgan fingerprint density at radius 2 is 1.79 bits per heavy atom. The minimum absolute atomic E-state index is 0.186. The van der Waals surface area contributed by atoms with E-state index in [1.807, 2.05) is 38.1 Å². The molecule has 34 heavy (non-hydrogen) atoms. The lowest BCUT2D eigenvalue weighted by Gasteiger charge is -2.09. The molecule has 2 heterocycles. The number of nitrogens with zero attached hydrogens (tertiary/aromatic N) is 2. The van der Waals surface area contributed by atoms with Crippen LogP contribution in [0.4, 0.5) is 0 Å². The third-order valence-corrected chi connectivity index (χ3v) is 5.20. The number of hydrogen-bond acceptors (Lipinski definition) is 7. The Morgan fingerprint density at radius 1 is 1.00 bits per heavy atom. The second-order valence-electron chi connectivity index (χ2n) is 7.58. The standard InChI is InChI=1S/C26H25N3O5/c1-17-24(18(2)34-29-17)16-32-21-10-8-20(9-11-21)26(30)28-15-19-7-12-25(27-14-19)33-23-6-4-5-22(13-23)31-3/h4-14H,15-16H2,1-3H3,(H,28,30). The Balaban J connectivity index is 1.27. The van der Waals surface area contributed by atoms with Crippen molar-refractivity contribution in [1.82, 2.24) is 15.5 Å². The van der Waals surface area contributed by atoms with Gasteiger partial charge in [-0.15, -0.1) is 0 Å². The molecule has 2 aromatic carbocycles. The molecule has 174 valence electrons. The van der Waals surface area contributed by atoms with Crippen LogP contribution in [0.15, 0.2) is 71.4 Å². The summed E-state index contributed by atoms with van der Waals surface area (Å²) in [5, 5.41) is 6.81. The first-order chi connectivity index (χ1) is 16.5. The summed E-state index contributed by atoms with van der Waals surface area (Å²) in [5.41, 5.74) is 3.12. The molecule has 2 aromatic heterocycles. The van der Waals surface area contributed by atoms with E-state index in [0.717, 1.165) is 22.6 Å². The maximum absolute atomic E-state index is 12.5. The van der Waals surface area contributed by atoms with Crippen LogP contribution in [0.3, 0.4) is 0 Å². The van der Waals surface area contributed by atoms with Gasteiger partial charge in [0.25, 0.3) is 5.91 Å². The van der Waals surface area contributed by atoms with Crippen molar-refractivity contribution in [3.05, 3.63) is 95.0 Å². The molecule has 0 aliphatic heterocycles. The Labute approximate surface area is 197 Å². The zero-order valence-electron chi connectivity index (χ0n) is 19.2. The van der Waals surface area contributed by atoms with Crippen LogP contribution in [0.5, 0.6) is 23.1 Å². The van der Waals surface area contributed by atoms with Crippen molar-refractivity contribution < 1.29 is 23.5 Å². The third kappa shape index (κ3) is 5.72. The predicted octanol–water partition coefficient (Wildman–Crippen LogP) is 5.00. The predicted molar refractivity (Wildman–Crippen MR) is 125 cm³/mol. The SMILES string of the molecule is COc1cccc(Oc2ccc(CNC(=O)c3ccc(OCc4c(C)noc4C)cc3)cn2)c1. The Kier molecular flexibility index (Phi) is 7.07. The second-order valence-corrected chi connectivity index (χ2v) is 7.58. The molecule has 4 aromatic rings. The summed E-state index contributed by atoms with van der Waals surface area (Å²) in [5.74, 6) is 3.00. The molecular formula is C26H25N3O5. The van der Waals surface area contributed by atoms with Crippen LogP contribution in [-0.4, -0.2) is 23.2 Å². The first kappa shape index (κ1) is 22.8. The van der Waals surface area contributed by atoms with E-state index in [9.17, 15) is 4.79 Å². The normalized spacial score (nSPS) is 10.6. The fourth-order valence-corrected chi connectivity index (χ4v) is 3.21. The zero-order valence-corrected chi connectivity index (χ0v) is 19.2. The van der Waals surface area contributed by atoms with Crippen LogP contribution in [-0.2, 0) is 13.2 Å². The summed E-state index contributed by atoms with van der Waals surface area (Å²) in [6, 6.07) is 17.9. The van der Waals surface area contributed by atoms with E-state index in [1.165, 1.54) is 0 Å². The number of amides is 1. The van der Waals surface area contributed by atoms with Crippen LogP contribution < -0.4 is 19.5 Å². The van der Waals surface area contributed by atoms with Gasteiger partial charge in [0.2, 0.25) is 5.88 Å². The number of aromatic nitrogens is 2. The van der Waals surface area contributed by atoms with Crippen molar-refractivity contribution in [3.8, 4) is 23.1 Å². The number of nitrogens with one attached hydrogen (secondary N) is 1. The van der Waals surface area contributed by atoms with Crippen molar-refractivity contribution in [2.45, 2.75) is 27.0 Å². The topological polar surface area (TPSA) is 95.7 Å². The maximum Gasteiger partial charge on any atom is 0.251 e. The number of ether oxygens (including phenoxy) is 3. The van der Waals surface area contributed by atoms with E-state index < -0.39 is 0 Å². The summed E-state index contributed by atoms with van der Waals surface area (Å²) in [6.45, 7) is 4.43. The van der Waals surface area contributed by atoms with E-state index >= 15 is 0 Å². The fraction of sp³-hybridized carbons (Fsp3) is 0.192. The smallest absolute Gasteiger partial charge is 0.251 e. The van der Waals surface area contributed by atoms with Gasteiger partial charge in [-0.2, -0.15) is 0 Å². The molecule has 0 bridgehead atoms. The maximum atomic E-state index is 12.5. The third-order valence-electron chi connectivity index (χ3n) is 5.20. The molecule has 4 rings (SSSR count). The van der Waals surface area contributed by atoms with E-state index in [-0.39, 0.29) is 5.91 Å². The number of carbonyl (C=O) groups excluding carboxylic acids is 1. The lowest BCUT2D eigenvalue weighted by molar-refractivity contribution is 0.0951. The zero-order chi connectivity index (χ0) is 23.9. The first-order valence-corrected chi connectivity index (χ1v) is 10.7. The van der Waals surface area contributed by atoms with Gasteiger partial charge >= 0.3 is 0 Å². The summed E-state index contributed by atoms with van der Waals surface area (Å²) in [6.07, 6.45) is 1.67. The van der Waals surface area contributed by atoms with Gasteiger partial charge in [-0.25, -0.2) is 4.98 Å². The number of rotatable bonds is 9. The molecule has 0 aliphatic carbocycles. The minimum Gasteiger partial charge on any atom is -0.497 e. The lowest BCUT2D eigenvalue weighted by Crippen LogP contribution is -2.22. The Hall–Kier alpha value is -4.33. The monoisotopic (exact) mass is 459 g/mol.